The third-order valence-corrected chi connectivity index (χ3v) is 3.91. The van der Waals surface area contributed by atoms with E-state index in [1.165, 1.54) is 18.4 Å². The summed E-state index contributed by atoms with van der Waals surface area (Å²) >= 11 is 0. The number of piperidine rings is 1. The quantitative estimate of drug-likeness (QED) is 0.865. The summed E-state index contributed by atoms with van der Waals surface area (Å²) in [4.78, 5) is 0. The number of phenolic OH excluding ortho intramolecular Hbond substituents is 1. The predicted molar refractivity (Wildman–Crippen MR) is 73.4 cm³/mol. The van der Waals surface area contributed by atoms with Gasteiger partial charge in [-0.05, 0) is 68.8 Å². The number of rotatable bonds is 3. The van der Waals surface area contributed by atoms with Crippen LogP contribution in [-0.4, -0.2) is 25.3 Å². The number of aryl methyl sites for hydroxylation is 1. The van der Waals surface area contributed by atoms with Gasteiger partial charge in [0.05, 0.1) is 7.11 Å². The number of nitrogens with one attached hydrogen (secondary N) is 1. The maximum Gasteiger partial charge on any atom is 0.163 e. The number of phenols is 1. The summed E-state index contributed by atoms with van der Waals surface area (Å²) in [6, 6.07) is 2.10. The van der Waals surface area contributed by atoms with Crippen LogP contribution in [0.2, 0.25) is 0 Å². The van der Waals surface area contributed by atoms with Crippen molar-refractivity contribution in [2.75, 3.05) is 20.2 Å². The average Bonchev–Trinajstić information content (AvgIpc) is 2.38. The number of hydrogen-bond acceptors (Lipinski definition) is 3. The van der Waals surface area contributed by atoms with Gasteiger partial charge >= 0.3 is 0 Å². The molecule has 1 unspecified atom stereocenters. The molecule has 1 aromatic rings. The highest BCUT2D eigenvalue weighted by molar-refractivity contribution is 5.53. The largest absolute Gasteiger partial charge is 0.504 e. The highest BCUT2D eigenvalue weighted by Gasteiger charge is 2.18. The van der Waals surface area contributed by atoms with Crippen molar-refractivity contribution >= 4 is 0 Å². The lowest BCUT2D eigenvalue weighted by Crippen LogP contribution is -2.31. The van der Waals surface area contributed by atoms with Crippen molar-refractivity contribution in [1.82, 2.24) is 5.32 Å². The highest BCUT2D eigenvalue weighted by Crippen LogP contribution is 2.36. The molecule has 1 aromatic carbocycles. The number of aromatic hydroxyl groups is 1. The first-order chi connectivity index (χ1) is 8.63. The molecule has 0 spiro atoms. The van der Waals surface area contributed by atoms with Crippen LogP contribution in [-0.2, 0) is 6.42 Å². The fraction of sp³-hybridized carbons (Fsp3) is 0.600. The molecule has 2 rings (SSSR count). The Morgan fingerprint density at radius 1 is 1.44 bits per heavy atom. The first kappa shape index (κ1) is 13.2. The predicted octanol–water partition coefficient (Wildman–Crippen LogP) is 2.56. The Bertz CT molecular complexity index is 423. The number of methoxy groups -OCH3 is 1. The van der Waals surface area contributed by atoms with Gasteiger partial charge in [0.2, 0.25) is 0 Å². The Kier molecular flexibility index (Phi) is 4.12. The molecule has 1 aliphatic heterocycles. The molecule has 1 fully saturated rings. The van der Waals surface area contributed by atoms with Gasteiger partial charge in [0.1, 0.15) is 0 Å². The summed E-state index contributed by atoms with van der Waals surface area (Å²) in [5.74, 6) is 1.61. The lowest BCUT2D eigenvalue weighted by atomic mass is 9.89. The molecule has 0 radical (unpaired) electrons. The molecule has 1 saturated heterocycles. The summed E-state index contributed by atoms with van der Waals surface area (Å²) in [5.41, 5.74) is 3.28. The lowest BCUT2D eigenvalue weighted by Gasteiger charge is -2.24. The SMILES string of the molecule is COc1c(C)c(CC2CCCNC2)cc(C)c1O. The van der Waals surface area contributed by atoms with Gasteiger partial charge in [-0.15, -0.1) is 0 Å². The van der Waals surface area contributed by atoms with E-state index in [0.717, 1.165) is 30.6 Å². The number of hydrogen-bond donors (Lipinski definition) is 2. The van der Waals surface area contributed by atoms with E-state index in [1.54, 1.807) is 7.11 Å². The Morgan fingerprint density at radius 3 is 2.83 bits per heavy atom. The second kappa shape index (κ2) is 5.61. The van der Waals surface area contributed by atoms with Crippen LogP contribution in [0, 0.1) is 19.8 Å². The molecule has 0 amide bonds. The highest BCUT2D eigenvalue weighted by atomic mass is 16.5. The van der Waals surface area contributed by atoms with E-state index < -0.39 is 0 Å². The zero-order valence-corrected chi connectivity index (χ0v) is 11.5. The van der Waals surface area contributed by atoms with Gasteiger partial charge in [-0.1, -0.05) is 6.07 Å². The standard InChI is InChI=1S/C15H23NO2/c1-10-7-13(8-12-5-4-6-16-9-12)11(2)15(18-3)14(10)17/h7,12,16-17H,4-6,8-9H2,1-3H3. The summed E-state index contributed by atoms with van der Waals surface area (Å²) < 4.78 is 5.32. The second-order valence-corrected chi connectivity index (χ2v) is 5.28. The minimum Gasteiger partial charge on any atom is -0.504 e. The van der Waals surface area contributed by atoms with E-state index in [0.29, 0.717) is 11.7 Å². The molecular formula is C15H23NO2. The third kappa shape index (κ3) is 2.61. The molecule has 100 valence electrons. The lowest BCUT2D eigenvalue weighted by molar-refractivity contribution is 0.362. The molecule has 1 aliphatic rings. The zero-order valence-electron chi connectivity index (χ0n) is 11.5. The van der Waals surface area contributed by atoms with Crippen LogP contribution in [0.4, 0.5) is 0 Å². The zero-order chi connectivity index (χ0) is 13.1. The summed E-state index contributed by atoms with van der Waals surface area (Å²) in [6.07, 6.45) is 3.61. The summed E-state index contributed by atoms with van der Waals surface area (Å²) in [5, 5.41) is 13.4. The first-order valence-corrected chi connectivity index (χ1v) is 6.70. The summed E-state index contributed by atoms with van der Waals surface area (Å²) in [6.45, 7) is 6.21. The molecule has 1 heterocycles. The molecule has 0 aliphatic carbocycles. The van der Waals surface area contributed by atoms with Gasteiger partial charge in [0.15, 0.2) is 11.5 Å². The third-order valence-electron chi connectivity index (χ3n) is 3.91. The average molecular weight is 249 g/mol. The maximum absolute atomic E-state index is 9.97. The molecule has 0 saturated carbocycles. The van der Waals surface area contributed by atoms with E-state index in [9.17, 15) is 5.11 Å². The van der Waals surface area contributed by atoms with Crippen LogP contribution < -0.4 is 10.1 Å². The van der Waals surface area contributed by atoms with E-state index in [4.69, 9.17) is 4.74 Å². The van der Waals surface area contributed by atoms with Gasteiger partial charge in [0, 0.05) is 0 Å². The van der Waals surface area contributed by atoms with Crippen molar-refractivity contribution in [1.29, 1.82) is 0 Å². The van der Waals surface area contributed by atoms with E-state index in [2.05, 4.69) is 11.4 Å². The van der Waals surface area contributed by atoms with E-state index in [-0.39, 0.29) is 5.75 Å². The molecular weight excluding hydrogens is 226 g/mol. The van der Waals surface area contributed by atoms with E-state index >= 15 is 0 Å². The Balaban J connectivity index is 2.24. The normalized spacial score (nSPS) is 19.8. The molecule has 3 heteroatoms. The van der Waals surface area contributed by atoms with Crippen molar-refractivity contribution in [3.8, 4) is 11.5 Å². The van der Waals surface area contributed by atoms with Gasteiger partial charge in [-0.2, -0.15) is 0 Å². The van der Waals surface area contributed by atoms with Crippen LogP contribution in [0.15, 0.2) is 6.07 Å². The van der Waals surface area contributed by atoms with Gasteiger partial charge in [-0.25, -0.2) is 0 Å². The van der Waals surface area contributed by atoms with Crippen molar-refractivity contribution in [3.63, 3.8) is 0 Å². The monoisotopic (exact) mass is 249 g/mol. The Morgan fingerprint density at radius 2 is 2.22 bits per heavy atom. The van der Waals surface area contributed by atoms with E-state index in [1.807, 2.05) is 13.8 Å². The molecule has 3 nitrogen and oxygen atoms in total. The van der Waals surface area contributed by atoms with Crippen molar-refractivity contribution in [2.45, 2.75) is 33.1 Å². The van der Waals surface area contributed by atoms with Gasteiger partial charge in [0.25, 0.3) is 0 Å². The number of ether oxygens (including phenoxy) is 1. The maximum atomic E-state index is 9.97. The second-order valence-electron chi connectivity index (χ2n) is 5.28. The molecule has 2 N–H and O–H groups in total. The summed E-state index contributed by atoms with van der Waals surface area (Å²) in [7, 11) is 1.62. The van der Waals surface area contributed by atoms with Crippen molar-refractivity contribution in [3.05, 3.63) is 22.8 Å². The number of benzene rings is 1. The van der Waals surface area contributed by atoms with Crippen LogP contribution in [0.3, 0.4) is 0 Å². The van der Waals surface area contributed by atoms with Crippen LogP contribution in [0.25, 0.3) is 0 Å². The Hall–Kier alpha value is -1.22. The topological polar surface area (TPSA) is 41.5 Å². The Labute approximate surface area is 109 Å². The fourth-order valence-electron chi connectivity index (χ4n) is 2.81. The minimum absolute atomic E-state index is 0.278. The van der Waals surface area contributed by atoms with Crippen molar-refractivity contribution < 1.29 is 9.84 Å². The molecule has 0 aromatic heterocycles. The first-order valence-electron chi connectivity index (χ1n) is 6.70. The molecule has 0 bridgehead atoms. The van der Waals surface area contributed by atoms with Crippen LogP contribution in [0.1, 0.15) is 29.5 Å². The van der Waals surface area contributed by atoms with Crippen LogP contribution in [0.5, 0.6) is 11.5 Å². The molecule has 1 atom stereocenters. The molecule has 18 heavy (non-hydrogen) atoms. The van der Waals surface area contributed by atoms with Gasteiger partial charge < -0.3 is 15.2 Å². The van der Waals surface area contributed by atoms with Crippen molar-refractivity contribution in [2.24, 2.45) is 5.92 Å². The minimum atomic E-state index is 0.278. The smallest absolute Gasteiger partial charge is 0.163 e. The van der Waals surface area contributed by atoms with Gasteiger partial charge in [-0.3, -0.25) is 0 Å². The fourth-order valence-corrected chi connectivity index (χ4v) is 2.81. The van der Waals surface area contributed by atoms with Crippen LogP contribution >= 0.6 is 0 Å².